The lowest BCUT2D eigenvalue weighted by atomic mass is 10.1. The van der Waals surface area contributed by atoms with Crippen molar-refractivity contribution in [1.29, 1.82) is 0 Å². The van der Waals surface area contributed by atoms with Gasteiger partial charge in [0.15, 0.2) is 0 Å². The second kappa shape index (κ2) is 6.22. The predicted octanol–water partition coefficient (Wildman–Crippen LogP) is 4.13. The van der Waals surface area contributed by atoms with Crippen molar-refractivity contribution in [3.8, 4) is 0 Å². The van der Waals surface area contributed by atoms with Crippen LogP contribution in [-0.2, 0) is 0 Å². The van der Waals surface area contributed by atoms with E-state index in [9.17, 15) is 0 Å². The summed E-state index contributed by atoms with van der Waals surface area (Å²) in [6, 6.07) is 13.3. The fourth-order valence-electron chi connectivity index (χ4n) is 1.97. The van der Waals surface area contributed by atoms with Crippen LogP contribution in [-0.4, -0.2) is 12.0 Å². The molecule has 0 fully saturated rings. The monoisotopic (exact) mass is 272 g/mol. The van der Waals surface area contributed by atoms with Gasteiger partial charge in [0.2, 0.25) is 0 Å². The lowest BCUT2D eigenvalue weighted by molar-refractivity contribution is 0.652. The first kappa shape index (κ1) is 14.1. The molecule has 0 bridgehead atoms. The van der Waals surface area contributed by atoms with E-state index >= 15 is 0 Å². The average molecular weight is 272 g/mol. The van der Waals surface area contributed by atoms with Gasteiger partial charge < -0.3 is 5.32 Å². The maximum atomic E-state index is 4.55. The van der Waals surface area contributed by atoms with Crippen molar-refractivity contribution in [2.75, 3.05) is 7.05 Å². The van der Waals surface area contributed by atoms with E-state index in [4.69, 9.17) is 0 Å². The van der Waals surface area contributed by atoms with Crippen LogP contribution in [0.2, 0.25) is 0 Å². The van der Waals surface area contributed by atoms with E-state index in [1.165, 1.54) is 16.0 Å². The van der Waals surface area contributed by atoms with E-state index in [0.29, 0.717) is 6.04 Å². The van der Waals surface area contributed by atoms with E-state index < -0.39 is 0 Å². The van der Waals surface area contributed by atoms with Crippen molar-refractivity contribution < 1.29 is 0 Å². The molecule has 1 heterocycles. The molecule has 0 aliphatic heterocycles. The Bertz CT molecular complexity index is 529. The van der Waals surface area contributed by atoms with Crippen LogP contribution >= 0.6 is 11.8 Å². The summed E-state index contributed by atoms with van der Waals surface area (Å²) in [4.78, 5) is 5.78. The molecule has 3 heteroatoms. The first-order valence-electron chi connectivity index (χ1n) is 6.49. The molecular formula is C16H20N2S. The quantitative estimate of drug-likeness (QED) is 0.906. The average Bonchev–Trinajstić information content (AvgIpc) is 2.37. The number of hydrogen-bond acceptors (Lipinski definition) is 3. The summed E-state index contributed by atoms with van der Waals surface area (Å²) in [5.41, 5.74) is 3.64. The number of rotatable bonds is 4. The van der Waals surface area contributed by atoms with E-state index in [1.54, 1.807) is 11.8 Å². The molecule has 0 amide bonds. The third-order valence-corrected chi connectivity index (χ3v) is 4.04. The molecule has 2 rings (SSSR count). The molecule has 0 spiro atoms. The van der Waals surface area contributed by atoms with Crippen molar-refractivity contribution in [3.63, 3.8) is 0 Å². The molecule has 0 saturated heterocycles. The highest BCUT2D eigenvalue weighted by atomic mass is 32.2. The number of benzene rings is 1. The minimum absolute atomic E-state index is 0.387. The van der Waals surface area contributed by atoms with Crippen molar-refractivity contribution in [2.45, 2.75) is 36.7 Å². The zero-order valence-electron chi connectivity index (χ0n) is 11.9. The number of hydrogen-bond donors (Lipinski definition) is 1. The second-order valence-corrected chi connectivity index (χ2v) is 5.90. The largest absolute Gasteiger partial charge is 0.313 e. The summed E-state index contributed by atoms with van der Waals surface area (Å²) >= 11 is 1.71. The van der Waals surface area contributed by atoms with Crippen molar-refractivity contribution in [2.24, 2.45) is 0 Å². The Morgan fingerprint density at radius 1 is 1.11 bits per heavy atom. The van der Waals surface area contributed by atoms with Gasteiger partial charge >= 0.3 is 0 Å². The second-order valence-electron chi connectivity index (χ2n) is 4.81. The zero-order chi connectivity index (χ0) is 13.8. The van der Waals surface area contributed by atoms with Gasteiger partial charge in [-0.3, -0.25) is 0 Å². The summed E-state index contributed by atoms with van der Waals surface area (Å²) in [5.74, 6) is 0. The molecule has 0 aliphatic carbocycles. The van der Waals surface area contributed by atoms with Gasteiger partial charge in [0.1, 0.15) is 5.03 Å². The molecule has 1 aromatic carbocycles. The summed E-state index contributed by atoms with van der Waals surface area (Å²) in [6.45, 7) is 6.30. The van der Waals surface area contributed by atoms with Gasteiger partial charge in [-0.25, -0.2) is 4.98 Å². The number of aryl methyl sites for hydroxylation is 2. The van der Waals surface area contributed by atoms with Crippen molar-refractivity contribution in [3.05, 3.63) is 53.2 Å². The topological polar surface area (TPSA) is 24.9 Å². The van der Waals surface area contributed by atoms with Gasteiger partial charge in [-0.1, -0.05) is 23.9 Å². The molecular weight excluding hydrogens is 252 g/mol. The maximum absolute atomic E-state index is 4.55. The highest BCUT2D eigenvalue weighted by molar-refractivity contribution is 7.99. The molecule has 100 valence electrons. The summed E-state index contributed by atoms with van der Waals surface area (Å²) < 4.78 is 0. The van der Waals surface area contributed by atoms with Crippen LogP contribution in [0, 0.1) is 13.8 Å². The summed E-state index contributed by atoms with van der Waals surface area (Å²) in [5, 5.41) is 4.31. The van der Waals surface area contributed by atoms with Crippen LogP contribution < -0.4 is 5.32 Å². The highest BCUT2D eigenvalue weighted by Crippen LogP contribution is 2.28. The molecule has 19 heavy (non-hydrogen) atoms. The summed E-state index contributed by atoms with van der Waals surface area (Å²) in [6.07, 6.45) is 0. The Hall–Kier alpha value is -1.32. The molecule has 2 aromatic rings. The molecule has 1 unspecified atom stereocenters. The Labute approximate surface area is 119 Å². The van der Waals surface area contributed by atoms with Gasteiger partial charge in [-0.05, 0) is 63.2 Å². The smallest absolute Gasteiger partial charge is 0.101 e. The molecule has 0 aliphatic rings. The van der Waals surface area contributed by atoms with Crippen LogP contribution in [0.1, 0.15) is 29.8 Å². The third kappa shape index (κ3) is 3.82. The first-order chi connectivity index (χ1) is 9.08. The Morgan fingerprint density at radius 3 is 2.37 bits per heavy atom. The van der Waals surface area contributed by atoms with E-state index in [2.05, 4.69) is 60.5 Å². The van der Waals surface area contributed by atoms with Gasteiger partial charge in [-0.15, -0.1) is 0 Å². The lowest BCUT2D eigenvalue weighted by Crippen LogP contribution is -2.11. The molecule has 1 N–H and O–H groups in total. The minimum atomic E-state index is 0.387. The highest BCUT2D eigenvalue weighted by Gasteiger charge is 2.04. The Morgan fingerprint density at radius 2 is 1.79 bits per heavy atom. The van der Waals surface area contributed by atoms with Gasteiger partial charge in [0.05, 0.1) is 0 Å². The van der Waals surface area contributed by atoms with Crippen LogP contribution in [0.4, 0.5) is 0 Å². The molecule has 0 radical (unpaired) electrons. The SMILES string of the molecule is CNC(C)c1ccc(Sc2cc(C)cc(C)n2)cc1. The van der Waals surface area contributed by atoms with Gasteiger partial charge in [-0.2, -0.15) is 0 Å². The number of aromatic nitrogens is 1. The lowest BCUT2D eigenvalue weighted by Gasteiger charge is -2.11. The Kier molecular flexibility index (Phi) is 4.61. The number of pyridine rings is 1. The van der Waals surface area contributed by atoms with Crippen LogP contribution in [0.5, 0.6) is 0 Å². The van der Waals surface area contributed by atoms with Gasteiger partial charge in [0.25, 0.3) is 0 Å². The normalized spacial score (nSPS) is 12.4. The molecule has 1 aromatic heterocycles. The van der Waals surface area contributed by atoms with Crippen molar-refractivity contribution >= 4 is 11.8 Å². The third-order valence-electron chi connectivity index (χ3n) is 3.11. The fourth-order valence-corrected chi connectivity index (χ4v) is 2.92. The van der Waals surface area contributed by atoms with Crippen LogP contribution in [0.15, 0.2) is 46.3 Å². The van der Waals surface area contributed by atoms with Gasteiger partial charge in [0, 0.05) is 16.6 Å². The molecule has 2 nitrogen and oxygen atoms in total. The standard InChI is InChI=1S/C16H20N2S/c1-11-9-12(2)18-16(10-11)19-15-7-5-14(6-8-15)13(3)17-4/h5-10,13,17H,1-4H3. The molecule has 1 atom stereocenters. The first-order valence-corrected chi connectivity index (χ1v) is 7.30. The number of nitrogens with zero attached hydrogens (tertiary/aromatic N) is 1. The van der Waals surface area contributed by atoms with E-state index in [-0.39, 0.29) is 0 Å². The van der Waals surface area contributed by atoms with Crippen LogP contribution in [0.25, 0.3) is 0 Å². The fraction of sp³-hybridized carbons (Fsp3) is 0.312. The van der Waals surface area contributed by atoms with Crippen LogP contribution in [0.3, 0.4) is 0 Å². The minimum Gasteiger partial charge on any atom is -0.313 e. The summed E-state index contributed by atoms with van der Waals surface area (Å²) in [7, 11) is 1.98. The molecule has 0 saturated carbocycles. The van der Waals surface area contributed by atoms with E-state index in [0.717, 1.165) is 10.7 Å². The maximum Gasteiger partial charge on any atom is 0.101 e. The Balaban J connectivity index is 2.15. The predicted molar refractivity (Wildman–Crippen MR) is 81.8 cm³/mol. The van der Waals surface area contributed by atoms with Crippen molar-refractivity contribution in [1.82, 2.24) is 10.3 Å². The number of nitrogens with one attached hydrogen (secondary N) is 1. The zero-order valence-corrected chi connectivity index (χ0v) is 12.7. The van der Waals surface area contributed by atoms with E-state index in [1.807, 2.05) is 14.0 Å².